The van der Waals surface area contributed by atoms with E-state index in [0.29, 0.717) is 6.42 Å². The molecule has 1 rings (SSSR count). The Morgan fingerprint density at radius 3 is 2.84 bits per heavy atom. The summed E-state index contributed by atoms with van der Waals surface area (Å²) >= 11 is 0. The fourth-order valence-corrected chi connectivity index (χ4v) is 1.73. The molecule has 1 atom stereocenters. The topological polar surface area (TPSA) is 154 Å². The zero-order valence-electron chi connectivity index (χ0n) is 13.7. The molecule has 0 heterocycles. The molecule has 136 valence electrons. The van der Waals surface area contributed by atoms with Crippen LogP contribution in [0, 0.1) is 0 Å². The number of ether oxygens (including phenoxy) is 2. The van der Waals surface area contributed by atoms with E-state index in [1.807, 2.05) is 6.92 Å². The Labute approximate surface area is 144 Å². The van der Waals surface area contributed by atoms with Gasteiger partial charge < -0.3 is 25.0 Å². The number of aliphatic hydroxyl groups excluding tert-OH is 2. The molecular formula is C15H20N4O6. The number of benzene rings is 1. The maximum atomic E-state index is 11.8. The van der Waals surface area contributed by atoms with Crippen LogP contribution < -0.4 is 14.8 Å². The maximum Gasteiger partial charge on any atom is 0.311 e. The molecule has 0 aromatic heterocycles. The summed E-state index contributed by atoms with van der Waals surface area (Å²) < 4.78 is 10.6. The molecule has 0 saturated heterocycles. The van der Waals surface area contributed by atoms with E-state index in [1.54, 1.807) is 6.07 Å². The van der Waals surface area contributed by atoms with Crippen molar-refractivity contribution in [2.45, 2.75) is 25.9 Å². The molecular weight excluding hydrogens is 332 g/mol. The lowest BCUT2D eigenvalue weighted by molar-refractivity contribution is -0.134. The number of hydrogen-bond acceptors (Lipinski definition) is 7. The molecule has 0 saturated carbocycles. The summed E-state index contributed by atoms with van der Waals surface area (Å²) in [7, 11) is 0. The summed E-state index contributed by atoms with van der Waals surface area (Å²) in [4.78, 5) is 26.0. The molecule has 1 unspecified atom stereocenters. The first-order valence-corrected chi connectivity index (χ1v) is 7.57. The lowest BCUT2D eigenvalue weighted by atomic mass is 10.2. The number of rotatable bonds is 10. The van der Waals surface area contributed by atoms with Gasteiger partial charge in [-0.15, -0.1) is 0 Å². The fourth-order valence-electron chi connectivity index (χ4n) is 1.73. The Balaban J connectivity index is 3.05. The highest BCUT2D eigenvalue weighted by Crippen LogP contribution is 2.36. The zero-order chi connectivity index (χ0) is 18.7. The van der Waals surface area contributed by atoms with Crippen LogP contribution in [0.25, 0.3) is 10.4 Å². The molecule has 0 spiro atoms. The standard InChI is InChI=1S/C15H20N4O6/c1-2-4-14(23)25-15-11(18-13(22)7-17-19-16)5-3-6-12(15)24-9-10(21)8-20/h3,5-6,10,20-21H,2,4,7-9H2,1H3,(H,18,22). The minimum Gasteiger partial charge on any atom is -0.487 e. The molecule has 10 heteroatoms. The third-order valence-electron chi connectivity index (χ3n) is 2.84. The Hall–Kier alpha value is -2.81. The number of para-hydroxylation sites is 1. The molecule has 0 aliphatic rings. The Kier molecular flexibility index (Phi) is 8.80. The smallest absolute Gasteiger partial charge is 0.311 e. The SMILES string of the molecule is CCCC(=O)Oc1c(NC(=O)CN=[N+]=[N-])cccc1OCC(O)CO. The van der Waals surface area contributed by atoms with Crippen molar-refractivity contribution in [2.75, 3.05) is 25.1 Å². The van der Waals surface area contributed by atoms with Gasteiger partial charge in [0.15, 0.2) is 11.5 Å². The highest BCUT2D eigenvalue weighted by molar-refractivity contribution is 5.95. The molecule has 10 nitrogen and oxygen atoms in total. The largest absolute Gasteiger partial charge is 0.487 e. The number of nitrogens with one attached hydrogen (secondary N) is 1. The van der Waals surface area contributed by atoms with Crippen LogP contribution in [-0.4, -0.2) is 48.0 Å². The first kappa shape index (κ1) is 20.2. The highest BCUT2D eigenvalue weighted by Gasteiger charge is 2.17. The van der Waals surface area contributed by atoms with Crippen molar-refractivity contribution in [3.05, 3.63) is 28.6 Å². The van der Waals surface area contributed by atoms with Crippen LogP contribution in [0.2, 0.25) is 0 Å². The van der Waals surface area contributed by atoms with E-state index in [9.17, 15) is 14.7 Å². The van der Waals surface area contributed by atoms with Crippen molar-refractivity contribution in [1.82, 2.24) is 0 Å². The lowest BCUT2D eigenvalue weighted by Crippen LogP contribution is -2.22. The molecule has 1 amide bonds. The summed E-state index contributed by atoms with van der Waals surface area (Å²) in [5.41, 5.74) is 8.40. The van der Waals surface area contributed by atoms with Gasteiger partial charge in [-0.3, -0.25) is 9.59 Å². The normalized spacial score (nSPS) is 11.2. The summed E-state index contributed by atoms with van der Waals surface area (Å²) in [6.07, 6.45) is -0.369. The van der Waals surface area contributed by atoms with Crippen LogP contribution in [-0.2, 0) is 9.59 Å². The van der Waals surface area contributed by atoms with Gasteiger partial charge in [-0.25, -0.2) is 0 Å². The molecule has 1 aromatic carbocycles. The van der Waals surface area contributed by atoms with E-state index < -0.39 is 31.1 Å². The van der Waals surface area contributed by atoms with E-state index in [0.717, 1.165) is 0 Å². The molecule has 0 bridgehead atoms. The highest BCUT2D eigenvalue weighted by atomic mass is 16.6. The first-order chi connectivity index (χ1) is 12.0. The molecule has 0 aliphatic carbocycles. The zero-order valence-corrected chi connectivity index (χ0v) is 13.7. The summed E-state index contributed by atoms with van der Waals surface area (Å²) in [5, 5.41) is 23.8. The van der Waals surface area contributed by atoms with Gasteiger partial charge in [0.1, 0.15) is 19.3 Å². The van der Waals surface area contributed by atoms with Crippen LogP contribution in [0.1, 0.15) is 19.8 Å². The molecule has 0 aliphatic heterocycles. The monoisotopic (exact) mass is 352 g/mol. The molecule has 25 heavy (non-hydrogen) atoms. The molecule has 1 aromatic rings. The van der Waals surface area contributed by atoms with Gasteiger partial charge in [0, 0.05) is 11.3 Å². The van der Waals surface area contributed by atoms with Crippen LogP contribution in [0.4, 0.5) is 5.69 Å². The van der Waals surface area contributed by atoms with Crippen LogP contribution in [0.5, 0.6) is 11.5 Å². The second-order valence-electron chi connectivity index (χ2n) is 4.94. The minimum absolute atomic E-state index is 0.0274. The predicted molar refractivity (Wildman–Crippen MR) is 88.2 cm³/mol. The second kappa shape index (κ2) is 10.9. The lowest BCUT2D eigenvalue weighted by Gasteiger charge is -2.17. The quantitative estimate of drug-likeness (QED) is 0.190. The van der Waals surface area contributed by atoms with Gasteiger partial charge in [0.2, 0.25) is 5.91 Å². The maximum absolute atomic E-state index is 11.8. The van der Waals surface area contributed by atoms with E-state index >= 15 is 0 Å². The number of aliphatic hydroxyl groups is 2. The average molecular weight is 352 g/mol. The van der Waals surface area contributed by atoms with E-state index in [4.69, 9.17) is 20.1 Å². The van der Waals surface area contributed by atoms with Gasteiger partial charge >= 0.3 is 5.97 Å². The number of azide groups is 1. The van der Waals surface area contributed by atoms with Gasteiger partial charge in [-0.1, -0.05) is 18.1 Å². The molecule has 3 N–H and O–H groups in total. The minimum atomic E-state index is -1.11. The van der Waals surface area contributed by atoms with E-state index in [-0.39, 0.29) is 30.2 Å². The van der Waals surface area contributed by atoms with Gasteiger partial charge in [0.25, 0.3) is 0 Å². The third kappa shape index (κ3) is 7.08. The number of carbonyl (C=O) groups is 2. The average Bonchev–Trinajstić information content (AvgIpc) is 2.60. The van der Waals surface area contributed by atoms with Crippen molar-refractivity contribution in [2.24, 2.45) is 5.11 Å². The number of carbonyl (C=O) groups excluding carboxylic acids is 2. The third-order valence-corrected chi connectivity index (χ3v) is 2.84. The van der Waals surface area contributed by atoms with Crippen molar-refractivity contribution in [3.63, 3.8) is 0 Å². The summed E-state index contributed by atoms with van der Waals surface area (Å²) in [6, 6.07) is 4.51. The summed E-state index contributed by atoms with van der Waals surface area (Å²) in [5.74, 6) is -1.04. The van der Waals surface area contributed by atoms with Crippen LogP contribution in [0.3, 0.4) is 0 Å². The number of amides is 1. The number of esters is 1. The molecule has 0 fully saturated rings. The Bertz CT molecular complexity index is 645. The van der Waals surface area contributed by atoms with Crippen molar-refractivity contribution in [1.29, 1.82) is 0 Å². The van der Waals surface area contributed by atoms with Gasteiger partial charge in [-0.2, -0.15) is 0 Å². The van der Waals surface area contributed by atoms with Gasteiger partial charge in [0.05, 0.1) is 12.3 Å². The number of nitrogens with zero attached hydrogens (tertiary/aromatic N) is 3. The Morgan fingerprint density at radius 2 is 2.20 bits per heavy atom. The predicted octanol–water partition coefficient (Wildman–Crippen LogP) is 1.37. The fraction of sp³-hybridized carbons (Fsp3) is 0.467. The summed E-state index contributed by atoms with van der Waals surface area (Å²) in [6.45, 7) is 0.662. The second-order valence-corrected chi connectivity index (χ2v) is 4.94. The number of anilines is 1. The Morgan fingerprint density at radius 1 is 1.44 bits per heavy atom. The van der Waals surface area contributed by atoms with Crippen molar-refractivity contribution in [3.8, 4) is 11.5 Å². The first-order valence-electron chi connectivity index (χ1n) is 7.57. The van der Waals surface area contributed by atoms with Crippen molar-refractivity contribution >= 4 is 17.6 Å². The van der Waals surface area contributed by atoms with Crippen LogP contribution >= 0.6 is 0 Å². The van der Waals surface area contributed by atoms with E-state index in [2.05, 4.69) is 15.3 Å². The van der Waals surface area contributed by atoms with Crippen LogP contribution in [0.15, 0.2) is 23.3 Å². The number of hydrogen-bond donors (Lipinski definition) is 3. The van der Waals surface area contributed by atoms with E-state index in [1.165, 1.54) is 12.1 Å². The van der Waals surface area contributed by atoms with Crippen molar-refractivity contribution < 1.29 is 29.3 Å². The molecule has 0 radical (unpaired) electrons. The van der Waals surface area contributed by atoms with Gasteiger partial charge in [-0.05, 0) is 24.1 Å².